The first-order valence-electron chi connectivity index (χ1n) is 11.3. The minimum absolute atomic E-state index is 0.0268. The largest absolute Gasteiger partial charge is 0.387 e. The number of piperazine rings is 1. The van der Waals surface area contributed by atoms with Crippen LogP contribution < -0.4 is 10.2 Å². The summed E-state index contributed by atoms with van der Waals surface area (Å²) in [4.78, 5) is 19.9. The molecule has 4 rings (SSSR count). The van der Waals surface area contributed by atoms with Gasteiger partial charge in [0.25, 0.3) is 5.91 Å². The summed E-state index contributed by atoms with van der Waals surface area (Å²) in [7, 11) is 1.59. The number of carbonyl (C=O) groups excluding carboxylic acids is 1. The molecule has 35 heavy (non-hydrogen) atoms. The van der Waals surface area contributed by atoms with Gasteiger partial charge in [-0.3, -0.25) is 9.69 Å². The van der Waals surface area contributed by atoms with Gasteiger partial charge in [0.15, 0.2) is 5.69 Å². The van der Waals surface area contributed by atoms with E-state index in [9.17, 15) is 9.90 Å². The second kappa shape index (κ2) is 11.1. The number of aliphatic hydroxyl groups is 1. The van der Waals surface area contributed by atoms with E-state index in [1.807, 2.05) is 30.3 Å². The summed E-state index contributed by atoms with van der Waals surface area (Å²) < 4.78 is 0. The van der Waals surface area contributed by atoms with E-state index in [1.165, 1.54) is 0 Å². The summed E-state index contributed by atoms with van der Waals surface area (Å²) in [5.74, 6) is -0.184. The van der Waals surface area contributed by atoms with Gasteiger partial charge in [0.1, 0.15) is 0 Å². The van der Waals surface area contributed by atoms with E-state index in [1.54, 1.807) is 43.4 Å². The van der Waals surface area contributed by atoms with Crippen LogP contribution in [-0.2, 0) is 0 Å². The molecule has 1 saturated heterocycles. The van der Waals surface area contributed by atoms with Crippen LogP contribution in [-0.4, -0.2) is 49.1 Å². The summed E-state index contributed by atoms with van der Waals surface area (Å²) in [6.07, 6.45) is -0.664. The maximum atomic E-state index is 12.0. The molecule has 0 saturated carbocycles. The van der Waals surface area contributed by atoms with Crippen molar-refractivity contribution in [1.29, 1.82) is 0 Å². The lowest BCUT2D eigenvalue weighted by Gasteiger charge is -2.44. The Labute approximate surface area is 215 Å². The molecule has 8 heteroatoms. The molecule has 3 aromatic carbocycles. The number of carbonyl (C=O) groups is 1. The van der Waals surface area contributed by atoms with Crippen molar-refractivity contribution in [1.82, 2.24) is 10.2 Å². The van der Waals surface area contributed by atoms with Crippen molar-refractivity contribution >= 4 is 40.5 Å². The van der Waals surface area contributed by atoms with Gasteiger partial charge in [-0.2, -0.15) is 0 Å². The number of amides is 1. The Bertz CT molecular complexity index is 1230. The lowest BCUT2D eigenvalue weighted by atomic mass is 10.00. The van der Waals surface area contributed by atoms with Crippen LogP contribution in [0.4, 0.5) is 11.4 Å². The number of halogens is 2. The highest BCUT2D eigenvalue weighted by atomic mass is 35.5. The number of hydrogen-bond acceptors (Lipinski definition) is 4. The Kier molecular flexibility index (Phi) is 7.94. The van der Waals surface area contributed by atoms with Gasteiger partial charge in [-0.15, -0.1) is 0 Å². The standard InChI is InChI=1S/C27H26Cl2N4O2/c1-30-22-10-5-19(6-11-22)26(34)17-32-13-14-33(25(16-32)18-3-8-21(28)9-4-18)24-12-7-20(15-23(24)29)27(35)31-2/h3-12,15,25-26,34H,13-14,16-17H2,2H3,(H,31,35)/t25-,26+/m0/s1. The lowest BCUT2D eigenvalue weighted by molar-refractivity contribution is 0.0963. The molecule has 0 aromatic heterocycles. The summed E-state index contributed by atoms with van der Waals surface area (Å²) >= 11 is 12.8. The Hall–Kier alpha value is -3.08. The topological polar surface area (TPSA) is 60.2 Å². The van der Waals surface area contributed by atoms with E-state index in [0.717, 1.165) is 23.4 Å². The number of rotatable bonds is 6. The second-order valence-electron chi connectivity index (χ2n) is 8.48. The molecule has 0 bridgehead atoms. The highest BCUT2D eigenvalue weighted by molar-refractivity contribution is 6.33. The number of nitrogens with one attached hydrogen (secondary N) is 1. The number of hydrogen-bond donors (Lipinski definition) is 2. The lowest BCUT2D eigenvalue weighted by Crippen LogP contribution is -2.49. The Morgan fingerprint density at radius 3 is 2.46 bits per heavy atom. The van der Waals surface area contributed by atoms with Gasteiger partial charge >= 0.3 is 0 Å². The molecule has 1 amide bonds. The number of anilines is 1. The zero-order valence-electron chi connectivity index (χ0n) is 19.3. The zero-order chi connectivity index (χ0) is 24.9. The molecule has 2 atom stereocenters. The van der Waals surface area contributed by atoms with Gasteiger partial charge < -0.3 is 15.3 Å². The van der Waals surface area contributed by atoms with E-state index >= 15 is 0 Å². The Morgan fingerprint density at radius 1 is 1.11 bits per heavy atom. The van der Waals surface area contributed by atoms with Crippen molar-refractivity contribution in [2.24, 2.45) is 0 Å². The fourth-order valence-electron chi connectivity index (χ4n) is 4.41. The number of nitrogens with zero attached hydrogens (tertiary/aromatic N) is 3. The fourth-order valence-corrected chi connectivity index (χ4v) is 4.83. The minimum Gasteiger partial charge on any atom is -0.387 e. The normalized spacial score (nSPS) is 17.0. The van der Waals surface area contributed by atoms with Gasteiger partial charge in [-0.25, -0.2) is 4.85 Å². The molecule has 0 spiro atoms. The maximum absolute atomic E-state index is 12.0. The van der Waals surface area contributed by atoms with E-state index in [2.05, 4.69) is 20.0 Å². The molecule has 0 radical (unpaired) electrons. The van der Waals surface area contributed by atoms with Crippen molar-refractivity contribution in [3.05, 3.63) is 105 Å². The zero-order valence-corrected chi connectivity index (χ0v) is 20.8. The molecule has 6 nitrogen and oxygen atoms in total. The number of aliphatic hydroxyl groups excluding tert-OH is 1. The second-order valence-corrected chi connectivity index (χ2v) is 9.33. The molecule has 1 aliphatic heterocycles. The Balaban J connectivity index is 1.58. The first-order valence-corrected chi connectivity index (χ1v) is 12.1. The predicted octanol–water partition coefficient (Wildman–Crippen LogP) is 5.50. The van der Waals surface area contributed by atoms with Crippen LogP contribution in [0.3, 0.4) is 0 Å². The average Bonchev–Trinajstić information content (AvgIpc) is 2.88. The molecule has 1 fully saturated rings. The van der Waals surface area contributed by atoms with E-state index in [4.69, 9.17) is 29.8 Å². The van der Waals surface area contributed by atoms with E-state index < -0.39 is 6.10 Å². The third kappa shape index (κ3) is 5.77. The molecule has 0 unspecified atom stereocenters. The van der Waals surface area contributed by atoms with Crippen LogP contribution in [0.25, 0.3) is 4.85 Å². The molecule has 0 aliphatic carbocycles. The Morgan fingerprint density at radius 2 is 1.83 bits per heavy atom. The van der Waals surface area contributed by atoms with Crippen molar-refractivity contribution in [2.45, 2.75) is 12.1 Å². The van der Waals surface area contributed by atoms with Crippen LogP contribution in [0.15, 0.2) is 66.7 Å². The smallest absolute Gasteiger partial charge is 0.251 e. The average molecular weight is 509 g/mol. The van der Waals surface area contributed by atoms with Crippen LogP contribution in [0, 0.1) is 6.57 Å². The van der Waals surface area contributed by atoms with Gasteiger partial charge in [-0.05, 0) is 41.5 Å². The number of β-amino-alcohol motifs (C(OH)–C–C–N with tert-alkyl or cyclic N) is 1. The molecule has 180 valence electrons. The summed E-state index contributed by atoms with van der Waals surface area (Å²) in [5.41, 5.74) is 3.79. The monoisotopic (exact) mass is 508 g/mol. The van der Waals surface area contributed by atoms with Crippen LogP contribution >= 0.6 is 23.2 Å². The van der Waals surface area contributed by atoms with Crippen molar-refractivity contribution in [3.8, 4) is 0 Å². The highest BCUT2D eigenvalue weighted by Crippen LogP contribution is 2.36. The van der Waals surface area contributed by atoms with Gasteiger partial charge in [-0.1, -0.05) is 59.6 Å². The summed E-state index contributed by atoms with van der Waals surface area (Å²) in [5, 5.41) is 14.7. The third-order valence-corrected chi connectivity index (χ3v) is 6.86. The minimum atomic E-state index is -0.664. The molecule has 1 heterocycles. The van der Waals surface area contributed by atoms with E-state index in [-0.39, 0.29) is 11.9 Å². The van der Waals surface area contributed by atoms with Gasteiger partial charge in [0, 0.05) is 43.8 Å². The molecular weight excluding hydrogens is 483 g/mol. The van der Waals surface area contributed by atoms with E-state index in [0.29, 0.717) is 40.9 Å². The van der Waals surface area contributed by atoms with Crippen LogP contribution in [0.2, 0.25) is 10.0 Å². The fraction of sp³-hybridized carbons (Fsp3) is 0.259. The van der Waals surface area contributed by atoms with Gasteiger partial charge in [0.2, 0.25) is 0 Å². The first-order chi connectivity index (χ1) is 16.9. The predicted molar refractivity (Wildman–Crippen MR) is 140 cm³/mol. The third-order valence-electron chi connectivity index (χ3n) is 6.30. The molecular formula is C27H26Cl2N4O2. The van der Waals surface area contributed by atoms with Crippen LogP contribution in [0.1, 0.15) is 33.6 Å². The quantitative estimate of drug-likeness (QED) is 0.431. The number of benzene rings is 3. The van der Waals surface area contributed by atoms with Crippen LogP contribution in [0.5, 0.6) is 0 Å². The molecule has 2 N–H and O–H groups in total. The maximum Gasteiger partial charge on any atom is 0.251 e. The molecule has 3 aromatic rings. The SMILES string of the molecule is [C-]#[N+]c1ccc([C@H](O)CN2CCN(c3ccc(C(=O)NC)cc3Cl)[C@H](c3ccc(Cl)cc3)C2)cc1. The summed E-state index contributed by atoms with van der Waals surface area (Å²) in [6.45, 7) is 9.67. The van der Waals surface area contributed by atoms with Crippen molar-refractivity contribution in [2.75, 3.05) is 38.1 Å². The summed E-state index contributed by atoms with van der Waals surface area (Å²) in [6, 6.07) is 20.2. The molecule has 1 aliphatic rings. The van der Waals surface area contributed by atoms with Crippen molar-refractivity contribution in [3.63, 3.8) is 0 Å². The highest BCUT2D eigenvalue weighted by Gasteiger charge is 2.31. The van der Waals surface area contributed by atoms with Crippen molar-refractivity contribution < 1.29 is 9.90 Å². The van der Waals surface area contributed by atoms with Gasteiger partial charge in [0.05, 0.1) is 29.4 Å². The first kappa shape index (κ1) is 25.0.